The van der Waals surface area contributed by atoms with Crippen LogP contribution in [0.3, 0.4) is 0 Å². The molecule has 0 bridgehead atoms. The third-order valence-electron chi connectivity index (χ3n) is 2.93. The molecule has 2 aromatic rings. The average molecular weight is 230 g/mol. The summed E-state index contributed by atoms with van der Waals surface area (Å²) in [5, 5.41) is 0. The predicted molar refractivity (Wildman–Crippen MR) is 68.1 cm³/mol. The average Bonchev–Trinajstić information content (AvgIpc) is 2.76. The number of aryl methyl sites for hydroxylation is 1. The van der Waals surface area contributed by atoms with Gasteiger partial charge in [0.2, 0.25) is 0 Å². The van der Waals surface area contributed by atoms with Gasteiger partial charge in [0.05, 0.1) is 0 Å². The Morgan fingerprint density at radius 1 is 1.35 bits per heavy atom. The first-order valence-corrected chi connectivity index (χ1v) is 5.92. The van der Waals surface area contributed by atoms with Crippen molar-refractivity contribution >= 4 is 0 Å². The monoisotopic (exact) mass is 230 g/mol. The third-order valence-corrected chi connectivity index (χ3v) is 2.93. The van der Waals surface area contributed by atoms with Gasteiger partial charge in [-0.15, -0.1) is 0 Å². The minimum Gasteiger partial charge on any atom is -0.327 e. The number of imidazole rings is 1. The van der Waals surface area contributed by atoms with Crippen LogP contribution in [-0.4, -0.2) is 20.6 Å². The van der Waals surface area contributed by atoms with E-state index in [2.05, 4.69) is 23.0 Å². The molecule has 0 saturated carbocycles. The summed E-state index contributed by atoms with van der Waals surface area (Å²) in [6, 6.07) is 4.21. The third kappa shape index (κ3) is 2.53. The normalized spacial score (nSPS) is 12.6. The van der Waals surface area contributed by atoms with Crippen molar-refractivity contribution in [2.75, 3.05) is 0 Å². The van der Waals surface area contributed by atoms with E-state index in [4.69, 9.17) is 5.73 Å². The molecule has 0 aromatic carbocycles. The molecule has 0 fully saturated rings. The Kier molecular flexibility index (Phi) is 3.54. The lowest BCUT2D eigenvalue weighted by Gasteiger charge is -2.13. The second-order valence-corrected chi connectivity index (χ2v) is 4.20. The van der Waals surface area contributed by atoms with Crippen LogP contribution >= 0.6 is 0 Å². The van der Waals surface area contributed by atoms with E-state index in [0.717, 1.165) is 24.5 Å². The van der Waals surface area contributed by atoms with Gasteiger partial charge in [-0.25, -0.2) is 9.97 Å². The van der Waals surface area contributed by atoms with Crippen molar-refractivity contribution in [2.24, 2.45) is 5.73 Å². The number of rotatable bonds is 4. The fourth-order valence-electron chi connectivity index (χ4n) is 1.84. The van der Waals surface area contributed by atoms with E-state index < -0.39 is 0 Å². The van der Waals surface area contributed by atoms with Crippen LogP contribution in [0.5, 0.6) is 0 Å². The van der Waals surface area contributed by atoms with Gasteiger partial charge in [0.25, 0.3) is 0 Å². The number of hydrogen-bond donors (Lipinski definition) is 1. The van der Waals surface area contributed by atoms with E-state index in [1.807, 2.05) is 23.8 Å². The molecule has 90 valence electrons. The highest BCUT2D eigenvalue weighted by Gasteiger charge is 2.10. The van der Waals surface area contributed by atoms with Crippen LogP contribution in [-0.2, 0) is 6.42 Å². The van der Waals surface area contributed by atoms with Crippen LogP contribution in [0, 0.1) is 6.92 Å². The predicted octanol–water partition coefficient (Wildman–Crippen LogP) is 1.86. The molecule has 2 heterocycles. The highest BCUT2D eigenvalue weighted by Crippen LogP contribution is 2.15. The molecule has 0 saturated heterocycles. The minimum absolute atomic E-state index is 0.182. The molecule has 0 aliphatic heterocycles. The van der Waals surface area contributed by atoms with Gasteiger partial charge in [0.1, 0.15) is 11.6 Å². The largest absolute Gasteiger partial charge is 0.327 e. The number of nitrogens with two attached hydrogens (primary N) is 1. The first-order valence-electron chi connectivity index (χ1n) is 5.92. The van der Waals surface area contributed by atoms with E-state index in [9.17, 15) is 0 Å². The van der Waals surface area contributed by atoms with Crippen LogP contribution in [0.1, 0.15) is 24.7 Å². The Morgan fingerprint density at radius 2 is 2.18 bits per heavy atom. The number of aromatic nitrogens is 3. The maximum atomic E-state index is 6.01. The molecule has 1 unspecified atom stereocenters. The molecule has 2 N–H and O–H groups in total. The Balaban J connectivity index is 2.38. The zero-order chi connectivity index (χ0) is 12.3. The van der Waals surface area contributed by atoms with E-state index >= 15 is 0 Å². The molecule has 2 rings (SSSR count). The van der Waals surface area contributed by atoms with Gasteiger partial charge in [0.15, 0.2) is 0 Å². The summed E-state index contributed by atoms with van der Waals surface area (Å²) < 4.78 is 2.00. The summed E-state index contributed by atoms with van der Waals surface area (Å²) in [7, 11) is 0. The molecular formula is C13H18N4. The summed E-state index contributed by atoms with van der Waals surface area (Å²) in [5.41, 5.74) is 7.18. The summed E-state index contributed by atoms with van der Waals surface area (Å²) in [6.07, 6.45) is 7.33. The van der Waals surface area contributed by atoms with Gasteiger partial charge in [0, 0.05) is 24.6 Å². The standard InChI is InChI=1S/C13H18N4/c1-3-12(14)9-11-5-4-6-16-13(11)17-8-7-15-10(17)2/h4-8,12H,3,9,14H2,1-2H3. The Bertz CT molecular complexity index is 490. The lowest BCUT2D eigenvalue weighted by atomic mass is 10.1. The van der Waals surface area contributed by atoms with E-state index in [-0.39, 0.29) is 6.04 Å². The molecular weight excluding hydrogens is 212 g/mol. The van der Waals surface area contributed by atoms with Gasteiger partial charge in [-0.1, -0.05) is 13.0 Å². The van der Waals surface area contributed by atoms with Gasteiger partial charge < -0.3 is 5.73 Å². The molecule has 0 aliphatic carbocycles. The SMILES string of the molecule is CCC(N)Cc1cccnc1-n1ccnc1C. The first kappa shape index (κ1) is 11.8. The van der Waals surface area contributed by atoms with E-state index in [0.29, 0.717) is 0 Å². The summed E-state index contributed by atoms with van der Waals surface area (Å²) in [5.74, 6) is 1.88. The quantitative estimate of drug-likeness (QED) is 0.872. The molecule has 4 nitrogen and oxygen atoms in total. The van der Waals surface area contributed by atoms with Crippen LogP contribution in [0.4, 0.5) is 0 Å². The zero-order valence-electron chi connectivity index (χ0n) is 10.3. The molecule has 0 aliphatic rings. The molecule has 1 atom stereocenters. The lowest BCUT2D eigenvalue weighted by molar-refractivity contribution is 0.642. The van der Waals surface area contributed by atoms with Crippen molar-refractivity contribution in [3.05, 3.63) is 42.1 Å². The number of nitrogens with zero attached hydrogens (tertiary/aromatic N) is 3. The smallest absolute Gasteiger partial charge is 0.141 e. The summed E-state index contributed by atoms with van der Waals surface area (Å²) >= 11 is 0. The lowest BCUT2D eigenvalue weighted by Crippen LogP contribution is -2.22. The minimum atomic E-state index is 0.182. The highest BCUT2D eigenvalue weighted by molar-refractivity contribution is 5.35. The van der Waals surface area contributed by atoms with Crippen molar-refractivity contribution in [2.45, 2.75) is 32.7 Å². The maximum absolute atomic E-state index is 6.01. The Labute approximate surface area is 102 Å². The Hall–Kier alpha value is -1.68. The van der Waals surface area contributed by atoms with Crippen molar-refractivity contribution in [3.63, 3.8) is 0 Å². The molecule has 17 heavy (non-hydrogen) atoms. The summed E-state index contributed by atoms with van der Waals surface area (Å²) in [6.45, 7) is 4.07. The molecule has 0 radical (unpaired) electrons. The number of pyridine rings is 1. The van der Waals surface area contributed by atoms with Crippen molar-refractivity contribution in [3.8, 4) is 5.82 Å². The van der Waals surface area contributed by atoms with Gasteiger partial charge in [-0.3, -0.25) is 4.57 Å². The molecule has 0 spiro atoms. The van der Waals surface area contributed by atoms with Crippen molar-refractivity contribution in [1.82, 2.24) is 14.5 Å². The fourth-order valence-corrected chi connectivity index (χ4v) is 1.84. The molecule has 4 heteroatoms. The first-order chi connectivity index (χ1) is 8.22. The fraction of sp³-hybridized carbons (Fsp3) is 0.385. The zero-order valence-corrected chi connectivity index (χ0v) is 10.3. The van der Waals surface area contributed by atoms with Crippen LogP contribution in [0.2, 0.25) is 0 Å². The topological polar surface area (TPSA) is 56.7 Å². The van der Waals surface area contributed by atoms with Crippen LogP contribution in [0.15, 0.2) is 30.7 Å². The second-order valence-electron chi connectivity index (χ2n) is 4.20. The van der Waals surface area contributed by atoms with E-state index in [1.165, 1.54) is 5.56 Å². The van der Waals surface area contributed by atoms with Gasteiger partial charge in [-0.05, 0) is 31.4 Å². The van der Waals surface area contributed by atoms with Crippen molar-refractivity contribution < 1.29 is 0 Å². The van der Waals surface area contributed by atoms with Crippen molar-refractivity contribution in [1.29, 1.82) is 0 Å². The Morgan fingerprint density at radius 3 is 2.82 bits per heavy atom. The van der Waals surface area contributed by atoms with Crippen LogP contribution < -0.4 is 5.73 Å². The highest BCUT2D eigenvalue weighted by atomic mass is 15.1. The number of hydrogen-bond acceptors (Lipinski definition) is 3. The maximum Gasteiger partial charge on any atom is 0.141 e. The van der Waals surface area contributed by atoms with Gasteiger partial charge in [-0.2, -0.15) is 0 Å². The second kappa shape index (κ2) is 5.10. The molecule has 0 amide bonds. The summed E-state index contributed by atoms with van der Waals surface area (Å²) in [4.78, 5) is 8.66. The van der Waals surface area contributed by atoms with E-state index in [1.54, 1.807) is 12.4 Å². The van der Waals surface area contributed by atoms with Gasteiger partial charge >= 0.3 is 0 Å². The molecule has 2 aromatic heterocycles. The van der Waals surface area contributed by atoms with Crippen LogP contribution in [0.25, 0.3) is 5.82 Å².